The molecule has 0 saturated heterocycles. The Bertz CT molecular complexity index is 1410. The van der Waals surface area contributed by atoms with Crippen molar-refractivity contribution < 1.29 is 19.0 Å². The molecule has 1 aromatic carbocycles. The summed E-state index contributed by atoms with van der Waals surface area (Å²) in [5, 5.41) is 11.5. The van der Waals surface area contributed by atoms with E-state index in [0.717, 1.165) is 63.5 Å². The zero-order valence-corrected chi connectivity index (χ0v) is 21.4. The highest BCUT2D eigenvalue weighted by Gasteiger charge is 2.23. The number of hydrogen-bond acceptors (Lipinski definition) is 7. The van der Waals surface area contributed by atoms with Crippen LogP contribution in [-0.4, -0.2) is 39.0 Å². The van der Waals surface area contributed by atoms with Crippen molar-refractivity contribution >= 4 is 17.5 Å². The molecule has 1 aliphatic rings. The van der Waals surface area contributed by atoms with Crippen LogP contribution in [0.3, 0.4) is 0 Å². The second-order valence-corrected chi connectivity index (χ2v) is 9.54. The maximum Gasteiger partial charge on any atom is 0.180 e. The molecular formula is C28H31N5O4. The van der Waals surface area contributed by atoms with Gasteiger partial charge in [0, 0.05) is 18.6 Å². The minimum atomic E-state index is -0.363. The van der Waals surface area contributed by atoms with Crippen LogP contribution < -0.4 is 14.2 Å². The van der Waals surface area contributed by atoms with Crippen LogP contribution in [0.5, 0.6) is 11.5 Å². The first-order chi connectivity index (χ1) is 18.0. The fourth-order valence-corrected chi connectivity index (χ4v) is 5.04. The van der Waals surface area contributed by atoms with Gasteiger partial charge in [-0.05, 0) is 62.8 Å². The molecule has 1 fully saturated rings. The number of benzene rings is 1. The molecule has 1 saturated carbocycles. The predicted octanol–water partition coefficient (Wildman–Crippen LogP) is 4.18. The largest absolute Gasteiger partial charge is 0.619 e. The van der Waals surface area contributed by atoms with E-state index in [-0.39, 0.29) is 18.4 Å². The van der Waals surface area contributed by atoms with Crippen LogP contribution in [0.4, 0.5) is 0 Å². The smallest absolute Gasteiger partial charge is 0.180 e. The highest BCUT2D eigenvalue weighted by molar-refractivity contribution is 5.74. The molecule has 0 spiro atoms. The second-order valence-electron chi connectivity index (χ2n) is 9.54. The van der Waals surface area contributed by atoms with E-state index in [9.17, 15) is 10.0 Å². The lowest BCUT2D eigenvalue weighted by molar-refractivity contribution is -0.605. The number of hydrogen-bond donors (Lipinski definition) is 0. The van der Waals surface area contributed by atoms with Gasteiger partial charge < -0.3 is 24.0 Å². The summed E-state index contributed by atoms with van der Waals surface area (Å²) in [7, 11) is 1.66. The van der Waals surface area contributed by atoms with Crippen LogP contribution in [0.25, 0.3) is 11.2 Å². The van der Waals surface area contributed by atoms with Crippen LogP contribution in [0, 0.1) is 19.1 Å². The lowest BCUT2D eigenvalue weighted by Gasteiger charge is -2.17. The van der Waals surface area contributed by atoms with E-state index < -0.39 is 0 Å². The van der Waals surface area contributed by atoms with Crippen LogP contribution in [0.1, 0.15) is 66.5 Å². The summed E-state index contributed by atoms with van der Waals surface area (Å²) in [6.07, 6.45) is 8.65. The van der Waals surface area contributed by atoms with E-state index in [1.165, 1.54) is 25.2 Å². The summed E-state index contributed by atoms with van der Waals surface area (Å²) >= 11 is 0. The summed E-state index contributed by atoms with van der Waals surface area (Å²) in [6, 6.07) is 9.41. The van der Waals surface area contributed by atoms with Crippen LogP contribution in [0.2, 0.25) is 0 Å². The number of pyridine rings is 1. The van der Waals surface area contributed by atoms with Crippen LogP contribution in [0.15, 0.2) is 42.7 Å². The van der Waals surface area contributed by atoms with Gasteiger partial charge in [0.15, 0.2) is 29.5 Å². The minimum Gasteiger partial charge on any atom is -0.619 e. The average Bonchev–Trinajstić information content (AvgIpc) is 3.52. The van der Waals surface area contributed by atoms with E-state index in [1.807, 2.05) is 32.0 Å². The molecule has 0 amide bonds. The average molecular weight is 502 g/mol. The molecule has 0 aliphatic heterocycles. The van der Waals surface area contributed by atoms with Gasteiger partial charge in [-0.2, -0.15) is 4.73 Å². The van der Waals surface area contributed by atoms with E-state index in [4.69, 9.17) is 24.4 Å². The van der Waals surface area contributed by atoms with Crippen molar-refractivity contribution in [2.75, 3.05) is 7.11 Å². The van der Waals surface area contributed by atoms with E-state index in [0.29, 0.717) is 18.0 Å². The fourth-order valence-electron chi connectivity index (χ4n) is 5.04. The van der Waals surface area contributed by atoms with Gasteiger partial charge in [-0.1, -0.05) is 6.07 Å². The second kappa shape index (κ2) is 10.5. The minimum absolute atomic E-state index is 0.210. The molecule has 0 radical (unpaired) electrons. The molecule has 4 aromatic rings. The molecule has 1 aliphatic carbocycles. The molecule has 192 valence electrons. The number of methoxy groups -OCH3 is 1. The number of aldehydes is 1. The number of fused-ring (bicyclic) bond motifs is 1. The topological polar surface area (TPSA) is 106 Å². The van der Waals surface area contributed by atoms with Gasteiger partial charge in [0.05, 0.1) is 31.4 Å². The van der Waals surface area contributed by atoms with Gasteiger partial charge in [-0.15, -0.1) is 0 Å². The van der Waals surface area contributed by atoms with Crippen molar-refractivity contribution in [1.29, 1.82) is 0 Å². The zero-order valence-electron chi connectivity index (χ0n) is 21.4. The first kappa shape index (κ1) is 24.7. The van der Waals surface area contributed by atoms with Gasteiger partial charge in [0.1, 0.15) is 23.5 Å². The van der Waals surface area contributed by atoms with E-state index in [2.05, 4.69) is 4.57 Å². The fraction of sp³-hybridized carbons (Fsp3) is 0.393. The summed E-state index contributed by atoms with van der Waals surface area (Å²) in [5.74, 6) is 2.46. The van der Waals surface area contributed by atoms with Gasteiger partial charge in [-0.3, -0.25) is 0 Å². The molecule has 9 heteroatoms. The first-order valence-electron chi connectivity index (χ1n) is 12.6. The Hall–Kier alpha value is -4.01. The highest BCUT2D eigenvalue weighted by Crippen LogP contribution is 2.33. The molecular weight excluding hydrogens is 470 g/mol. The molecule has 9 nitrogen and oxygen atoms in total. The van der Waals surface area contributed by atoms with Crippen molar-refractivity contribution in [3.8, 4) is 11.5 Å². The number of imidazole rings is 1. The number of carbonyl (C=O) groups excluding carboxylic acids is 1. The Balaban J connectivity index is 1.52. The van der Waals surface area contributed by atoms with Gasteiger partial charge >= 0.3 is 0 Å². The Morgan fingerprint density at radius 2 is 1.86 bits per heavy atom. The molecule has 3 heterocycles. The lowest BCUT2D eigenvalue weighted by atomic mass is 9.96. The monoisotopic (exact) mass is 501 g/mol. The van der Waals surface area contributed by atoms with Crippen molar-refractivity contribution in [2.45, 2.75) is 64.5 Å². The SMILES string of the molecule is COc1ccc(Cn2c(C)nc3c(C)nc(C(CC=O)c4cc[n+]([O-])cc4)nc32)cc1OC1CCCC1. The third-order valence-corrected chi connectivity index (χ3v) is 7.02. The van der Waals surface area contributed by atoms with Crippen LogP contribution in [-0.2, 0) is 11.3 Å². The number of ether oxygens (including phenoxy) is 2. The molecule has 37 heavy (non-hydrogen) atoms. The van der Waals surface area contributed by atoms with Gasteiger partial charge in [-0.25, -0.2) is 15.0 Å². The zero-order chi connectivity index (χ0) is 25.9. The van der Waals surface area contributed by atoms with Crippen molar-refractivity contribution in [3.63, 3.8) is 0 Å². The summed E-state index contributed by atoms with van der Waals surface area (Å²) in [5.41, 5.74) is 4.03. The normalized spacial score (nSPS) is 14.7. The quantitative estimate of drug-likeness (QED) is 0.192. The van der Waals surface area contributed by atoms with Crippen molar-refractivity contribution in [3.05, 3.63) is 76.4 Å². The first-order valence-corrected chi connectivity index (χ1v) is 12.6. The highest BCUT2D eigenvalue weighted by atomic mass is 16.5. The standard InChI is InChI=1S/C28H31N5O4/c1-18-26-28(31-27(29-18)23(12-15-34)21-10-13-32(35)14-11-21)33(19(2)30-26)17-20-8-9-24(36-3)25(16-20)37-22-6-4-5-7-22/h8-11,13-16,22-23H,4-7,12,17H2,1-3H3. The number of nitrogens with zero attached hydrogens (tertiary/aromatic N) is 5. The van der Waals surface area contributed by atoms with E-state index in [1.54, 1.807) is 19.2 Å². The maximum atomic E-state index is 11.5. The molecule has 3 aromatic heterocycles. The molecule has 0 bridgehead atoms. The number of carbonyl (C=O) groups is 1. The Labute approximate surface area is 215 Å². The Morgan fingerprint density at radius 1 is 1.11 bits per heavy atom. The van der Waals surface area contributed by atoms with Crippen molar-refractivity contribution in [1.82, 2.24) is 19.5 Å². The third kappa shape index (κ3) is 5.12. The Kier molecular flexibility index (Phi) is 7.03. The summed E-state index contributed by atoms with van der Waals surface area (Å²) < 4.78 is 14.6. The lowest BCUT2D eigenvalue weighted by Crippen LogP contribution is -2.24. The number of aryl methyl sites for hydroxylation is 2. The molecule has 1 atom stereocenters. The maximum absolute atomic E-state index is 11.5. The number of aromatic nitrogens is 5. The van der Waals surface area contributed by atoms with Gasteiger partial charge in [0.25, 0.3) is 0 Å². The molecule has 1 unspecified atom stereocenters. The Morgan fingerprint density at radius 3 is 2.57 bits per heavy atom. The predicted molar refractivity (Wildman–Crippen MR) is 138 cm³/mol. The summed E-state index contributed by atoms with van der Waals surface area (Å²) in [6.45, 7) is 4.40. The third-order valence-electron chi connectivity index (χ3n) is 7.02. The van der Waals surface area contributed by atoms with Crippen LogP contribution >= 0.6 is 0 Å². The van der Waals surface area contributed by atoms with E-state index >= 15 is 0 Å². The molecule has 5 rings (SSSR count). The number of rotatable bonds is 9. The van der Waals surface area contributed by atoms with Crippen molar-refractivity contribution in [2.24, 2.45) is 0 Å². The molecule has 0 N–H and O–H groups in total. The van der Waals surface area contributed by atoms with Gasteiger partial charge in [0.2, 0.25) is 0 Å². The summed E-state index contributed by atoms with van der Waals surface area (Å²) in [4.78, 5) is 25.9.